The zero-order valence-corrected chi connectivity index (χ0v) is 32.8. The van der Waals surface area contributed by atoms with Gasteiger partial charge in [-0.25, -0.2) is 9.78 Å². The predicted molar refractivity (Wildman–Crippen MR) is 196 cm³/mol. The third-order valence-corrected chi connectivity index (χ3v) is 8.53. The van der Waals surface area contributed by atoms with Crippen molar-refractivity contribution in [2.45, 2.75) is 109 Å². The minimum absolute atomic E-state index is 0. The predicted octanol–water partition coefficient (Wildman–Crippen LogP) is 5.10. The Morgan fingerprint density at radius 1 is 0.667 bits per heavy atom. The number of benzene rings is 2. The first-order chi connectivity index (χ1) is 22.9. The van der Waals surface area contributed by atoms with Crippen LogP contribution in [0.1, 0.15) is 101 Å². The van der Waals surface area contributed by atoms with E-state index in [1.54, 1.807) is 0 Å². The van der Waals surface area contributed by atoms with E-state index in [4.69, 9.17) is 19.3 Å². The van der Waals surface area contributed by atoms with Gasteiger partial charge in [-0.2, -0.15) is 5.06 Å². The quantitative estimate of drug-likeness (QED) is 0.142. The molecule has 1 atom stereocenters. The average molecular weight is 743 g/mol. The number of hydroxylamine groups is 2. The van der Waals surface area contributed by atoms with Crippen molar-refractivity contribution in [1.29, 1.82) is 0 Å². The Hall–Kier alpha value is -0.594. The molecule has 4 aliphatic heterocycles. The van der Waals surface area contributed by atoms with Crippen molar-refractivity contribution < 1.29 is 36.3 Å². The number of ether oxygens (including phenoxy) is 1. The first-order valence-corrected chi connectivity index (χ1v) is 18.6. The van der Waals surface area contributed by atoms with Gasteiger partial charge in [0.25, 0.3) is 0 Å². The summed E-state index contributed by atoms with van der Waals surface area (Å²) in [6, 6.07) is 21.1. The second-order valence-electron chi connectivity index (χ2n) is 12.6. The normalized spacial score (nSPS) is 19.3. The van der Waals surface area contributed by atoms with Crippen molar-refractivity contribution in [3.63, 3.8) is 0 Å². The van der Waals surface area contributed by atoms with E-state index in [0.29, 0.717) is 13.2 Å². The maximum Gasteiger partial charge on any atom is 2.00 e. The zero-order chi connectivity index (χ0) is 32.0. The van der Waals surface area contributed by atoms with Crippen LogP contribution < -0.4 is 22.3 Å². The summed E-state index contributed by atoms with van der Waals surface area (Å²) in [5.41, 5.74) is 2.75. The van der Waals surface area contributed by atoms with Gasteiger partial charge in [0.1, 0.15) is 6.61 Å². The molecule has 2 aromatic rings. The molecule has 9 heteroatoms. The first-order valence-electron chi connectivity index (χ1n) is 18.6. The largest absolute Gasteiger partial charge is 2.00 e. The van der Waals surface area contributed by atoms with Crippen LogP contribution in [0.5, 0.6) is 0 Å². The van der Waals surface area contributed by atoms with Crippen LogP contribution in [0.25, 0.3) is 5.32 Å². The van der Waals surface area contributed by atoms with Crippen molar-refractivity contribution in [3.05, 3.63) is 77.1 Å². The monoisotopic (exact) mass is 741 g/mol. The van der Waals surface area contributed by atoms with Crippen LogP contribution in [0, 0.1) is 0 Å². The number of hydrogen-bond acceptors (Lipinski definition) is 6. The molecule has 1 N–H and O–H groups in total. The number of hydrogen-bond donors (Lipinski definition) is 1. The summed E-state index contributed by atoms with van der Waals surface area (Å²) in [6.45, 7) is 9.90. The molecule has 4 aliphatic rings. The summed E-state index contributed by atoms with van der Waals surface area (Å²) < 4.78 is 5.55. The zero-order valence-electron chi connectivity index (χ0n) is 29.8. The first kappa shape index (κ1) is 45.4. The van der Waals surface area contributed by atoms with E-state index < -0.39 is 0 Å². The molecule has 0 radical (unpaired) electrons. The number of aryl methyl sites for hydroxylation is 2. The van der Waals surface area contributed by atoms with Crippen LogP contribution in [-0.2, 0) is 32.2 Å². The average Bonchev–Trinajstić information content (AvgIpc) is 3.16. The standard InChI is InChI=1S/C15H22O3.C14H21NO.C5H11N.C5H10N.BrH.Mg/c1-2-7-14(8-3-1)9-6-12-17-18-13-15-10-4-5-11-16-15;1-3-8-14(9-4-1)10-7-13-16-15-11-5-2-6-12-15;2*1-2-4-6-5-3-1;;/h1-3,7-8,15H,4-6,9-13H2;1,3-4,8-9H,2,5-7,10-13H2;6H,1-5H2;1-5H2;1H;/q;;;-1;;+2/p-1. The number of nitrogens with one attached hydrogen (secondary N) is 1. The molecule has 4 heterocycles. The van der Waals surface area contributed by atoms with Crippen LogP contribution in [0.4, 0.5) is 0 Å². The molecule has 0 spiro atoms. The summed E-state index contributed by atoms with van der Waals surface area (Å²) in [4.78, 5) is 16.1. The van der Waals surface area contributed by atoms with Crippen molar-refractivity contribution in [2.24, 2.45) is 0 Å². The third-order valence-electron chi connectivity index (χ3n) is 8.53. The molecule has 0 aromatic heterocycles. The topological polar surface area (TPSA) is 66.3 Å². The molecule has 1 unspecified atom stereocenters. The van der Waals surface area contributed by atoms with E-state index in [0.717, 1.165) is 71.5 Å². The SMILES string of the molecule is C1CCNCC1.C1CC[N-]CC1.[Br-].[Mg+2].c1ccc(CCCON2CCCCC2)cc1.c1ccc(CCCOOCC2CCCCO2)cc1. The summed E-state index contributed by atoms with van der Waals surface area (Å²) >= 11 is 0. The van der Waals surface area contributed by atoms with Crippen molar-refractivity contribution >= 4 is 23.1 Å². The number of nitrogens with zero attached hydrogens (tertiary/aromatic N) is 2. The maximum atomic E-state index is 5.74. The van der Waals surface area contributed by atoms with Gasteiger partial charge in [-0.15, -0.1) is 13.1 Å². The summed E-state index contributed by atoms with van der Waals surface area (Å²) in [6.07, 6.45) is 20.2. The fourth-order valence-corrected chi connectivity index (χ4v) is 5.75. The van der Waals surface area contributed by atoms with E-state index in [-0.39, 0.29) is 46.1 Å². The van der Waals surface area contributed by atoms with Crippen LogP contribution in [0.2, 0.25) is 0 Å². The van der Waals surface area contributed by atoms with Crippen molar-refractivity contribution in [1.82, 2.24) is 10.4 Å². The van der Waals surface area contributed by atoms with Gasteiger partial charge in [0, 0.05) is 19.7 Å². The molecule has 2 aromatic carbocycles. The van der Waals surface area contributed by atoms with Gasteiger partial charge < -0.3 is 32.4 Å². The third kappa shape index (κ3) is 25.4. The number of halogens is 1. The Morgan fingerprint density at radius 3 is 1.73 bits per heavy atom. The van der Waals surface area contributed by atoms with Crippen molar-refractivity contribution in [2.75, 3.05) is 65.7 Å². The van der Waals surface area contributed by atoms with Crippen molar-refractivity contribution in [3.8, 4) is 0 Å². The van der Waals surface area contributed by atoms with E-state index in [1.807, 2.05) is 6.07 Å². The van der Waals surface area contributed by atoms with E-state index >= 15 is 0 Å². The van der Waals surface area contributed by atoms with Crippen LogP contribution in [0.3, 0.4) is 0 Å². The minimum atomic E-state index is 0. The van der Waals surface area contributed by atoms with E-state index in [9.17, 15) is 0 Å². The smallest absolute Gasteiger partial charge is 1.00 e. The van der Waals surface area contributed by atoms with E-state index in [2.05, 4.69) is 70.3 Å². The van der Waals surface area contributed by atoms with Gasteiger partial charge in [-0.3, -0.25) is 4.84 Å². The minimum Gasteiger partial charge on any atom is -1.00 e. The molecule has 0 saturated carbocycles. The summed E-state index contributed by atoms with van der Waals surface area (Å²) in [7, 11) is 0. The molecule has 0 bridgehead atoms. The fourth-order valence-electron chi connectivity index (χ4n) is 5.75. The van der Waals surface area contributed by atoms with Gasteiger partial charge in [0.15, 0.2) is 0 Å². The summed E-state index contributed by atoms with van der Waals surface area (Å²) in [5, 5.41) is 9.60. The number of rotatable bonds is 12. The molecule has 0 aliphatic carbocycles. The summed E-state index contributed by atoms with van der Waals surface area (Å²) in [5.74, 6) is 0. The molecule has 6 rings (SSSR count). The number of piperidine rings is 3. The Kier molecular flexibility index (Phi) is 31.7. The van der Waals surface area contributed by atoms with Gasteiger partial charge in [-0.1, -0.05) is 92.8 Å². The van der Waals surface area contributed by atoms with Gasteiger partial charge in [0.05, 0.1) is 19.3 Å². The second-order valence-corrected chi connectivity index (χ2v) is 12.6. The van der Waals surface area contributed by atoms with Gasteiger partial charge in [0.2, 0.25) is 0 Å². The van der Waals surface area contributed by atoms with Crippen LogP contribution in [-0.4, -0.2) is 99.9 Å². The molecule has 4 saturated heterocycles. The molecule has 48 heavy (non-hydrogen) atoms. The van der Waals surface area contributed by atoms with Crippen LogP contribution >= 0.6 is 0 Å². The Bertz CT molecular complexity index is 879. The Labute approximate surface area is 319 Å². The molecular weight excluding hydrogens is 679 g/mol. The van der Waals surface area contributed by atoms with E-state index in [1.165, 1.54) is 94.8 Å². The second kappa shape index (κ2) is 33.5. The van der Waals surface area contributed by atoms with Crippen LogP contribution in [0.15, 0.2) is 60.7 Å². The fraction of sp³-hybridized carbons (Fsp3) is 0.692. The van der Waals surface area contributed by atoms with Gasteiger partial charge in [-0.05, 0) is 94.8 Å². The Balaban J connectivity index is 0.000000348. The molecule has 0 amide bonds. The van der Waals surface area contributed by atoms with Gasteiger partial charge >= 0.3 is 23.1 Å². The Morgan fingerprint density at radius 2 is 1.25 bits per heavy atom. The molecule has 268 valence electrons. The molecule has 7 nitrogen and oxygen atoms in total. The molecule has 4 fully saturated rings. The molecular formula is C39H64BrMgN3O4. The maximum absolute atomic E-state index is 5.74.